The fourth-order valence-corrected chi connectivity index (χ4v) is 5.54. The van der Waals surface area contributed by atoms with Crippen LogP contribution < -0.4 is 11.1 Å². The Hall–Kier alpha value is -1.67. The van der Waals surface area contributed by atoms with Crippen LogP contribution in [0.4, 0.5) is 4.79 Å². The molecule has 1 aromatic rings. The fraction of sp³-hybridized carbons (Fsp3) is 0.789. The molecular formula is C19H30ClN5O3. The second kappa shape index (κ2) is 6.99. The number of carbonyl (C=O) groups excluding carboxylic acids is 2. The van der Waals surface area contributed by atoms with Crippen LogP contribution in [0, 0.1) is 11.3 Å². The topological polar surface area (TPSA) is 114 Å². The van der Waals surface area contributed by atoms with Crippen LogP contribution in [-0.2, 0) is 16.9 Å². The highest BCUT2D eigenvalue weighted by Gasteiger charge is 2.56. The SMILES string of the molecule is CC1CC(C)(C)CC2(C1)NC(=O)N(Cc1nc(C3(N)CCCC3)no1)C2=O.Cl. The average molecular weight is 412 g/mol. The molecule has 28 heavy (non-hydrogen) atoms. The van der Waals surface area contributed by atoms with Crippen molar-refractivity contribution in [2.24, 2.45) is 17.1 Å². The summed E-state index contributed by atoms with van der Waals surface area (Å²) in [5, 5.41) is 6.99. The van der Waals surface area contributed by atoms with Crippen molar-refractivity contribution < 1.29 is 14.1 Å². The zero-order valence-corrected chi connectivity index (χ0v) is 17.6. The molecule has 2 heterocycles. The standard InChI is InChI=1S/C19H29N5O3.ClH/c1-12-8-17(2,3)11-19(9-12)15(25)24(16(26)22-19)10-13-21-14(23-27-13)18(20)6-4-5-7-18;/h12H,4-11,20H2,1-3H3,(H,22,26);1H. The summed E-state index contributed by atoms with van der Waals surface area (Å²) < 4.78 is 5.32. The molecule has 1 aliphatic heterocycles. The summed E-state index contributed by atoms with van der Waals surface area (Å²) in [4.78, 5) is 31.4. The number of carbonyl (C=O) groups is 2. The molecule has 0 bridgehead atoms. The molecule has 3 fully saturated rings. The van der Waals surface area contributed by atoms with Gasteiger partial charge < -0.3 is 15.6 Å². The summed E-state index contributed by atoms with van der Waals surface area (Å²) in [6, 6.07) is -0.382. The number of halogens is 1. The van der Waals surface area contributed by atoms with E-state index in [2.05, 4.69) is 36.2 Å². The molecule has 1 aromatic heterocycles. The Balaban J connectivity index is 0.00000225. The highest BCUT2D eigenvalue weighted by atomic mass is 35.5. The number of nitrogens with zero attached hydrogens (tertiary/aromatic N) is 3. The van der Waals surface area contributed by atoms with Crippen molar-refractivity contribution in [2.75, 3.05) is 0 Å². The normalized spacial score (nSPS) is 31.1. The van der Waals surface area contributed by atoms with Gasteiger partial charge >= 0.3 is 6.03 Å². The van der Waals surface area contributed by atoms with Crippen LogP contribution in [0.3, 0.4) is 0 Å². The molecule has 4 rings (SSSR count). The number of aromatic nitrogens is 2. The maximum absolute atomic E-state index is 13.2. The Kier molecular flexibility index (Phi) is 5.25. The van der Waals surface area contributed by atoms with Gasteiger partial charge in [0.15, 0.2) is 5.82 Å². The minimum absolute atomic E-state index is 0. The maximum atomic E-state index is 13.2. The maximum Gasteiger partial charge on any atom is 0.325 e. The van der Waals surface area contributed by atoms with E-state index in [4.69, 9.17) is 10.3 Å². The predicted octanol–water partition coefficient (Wildman–Crippen LogP) is 2.86. The molecule has 3 aliphatic rings. The predicted molar refractivity (Wildman–Crippen MR) is 104 cm³/mol. The van der Waals surface area contributed by atoms with Gasteiger partial charge in [0.05, 0.1) is 5.54 Å². The van der Waals surface area contributed by atoms with Gasteiger partial charge in [-0.3, -0.25) is 9.69 Å². The number of nitrogens with one attached hydrogen (secondary N) is 1. The zero-order valence-electron chi connectivity index (χ0n) is 16.8. The summed E-state index contributed by atoms with van der Waals surface area (Å²) in [6.07, 6.45) is 6.10. The number of hydrogen-bond acceptors (Lipinski definition) is 6. The third-order valence-corrected chi connectivity index (χ3v) is 6.33. The Morgan fingerprint density at radius 3 is 2.57 bits per heavy atom. The van der Waals surface area contributed by atoms with E-state index < -0.39 is 11.1 Å². The molecule has 2 aliphatic carbocycles. The number of amides is 3. The van der Waals surface area contributed by atoms with Crippen molar-refractivity contribution in [2.45, 2.75) is 83.3 Å². The van der Waals surface area contributed by atoms with Crippen molar-refractivity contribution in [1.82, 2.24) is 20.4 Å². The summed E-state index contributed by atoms with van der Waals surface area (Å²) in [7, 11) is 0. The summed E-state index contributed by atoms with van der Waals surface area (Å²) in [5.74, 6) is 0.914. The van der Waals surface area contributed by atoms with Crippen molar-refractivity contribution >= 4 is 24.3 Å². The molecule has 2 atom stereocenters. The van der Waals surface area contributed by atoms with Crippen LogP contribution in [0.1, 0.15) is 77.4 Å². The lowest BCUT2D eigenvalue weighted by molar-refractivity contribution is -0.135. The van der Waals surface area contributed by atoms with Gasteiger partial charge in [-0.1, -0.05) is 38.8 Å². The minimum Gasteiger partial charge on any atom is -0.337 e. The molecular weight excluding hydrogens is 382 g/mol. The molecule has 3 N–H and O–H groups in total. The number of rotatable bonds is 3. The average Bonchev–Trinajstić information content (AvgIpc) is 3.23. The lowest BCUT2D eigenvalue weighted by Crippen LogP contribution is -2.54. The molecule has 8 nitrogen and oxygen atoms in total. The van der Waals surface area contributed by atoms with E-state index in [9.17, 15) is 9.59 Å². The molecule has 1 saturated heterocycles. The van der Waals surface area contributed by atoms with E-state index in [-0.39, 0.29) is 42.2 Å². The van der Waals surface area contributed by atoms with Gasteiger partial charge in [0.25, 0.3) is 5.91 Å². The van der Waals surface area contributed by atoms with Crippen LogP contribution >= 0.6 is 12.4 Å². The number of imide groups is 1. The van der Waals surface area contributed by atoms with Crippen molar-refractivity contribution in [3.8, 4) is 0 Å². The van der Waals surface area contributed by atoms with Gasteiger partial charge in [-0.05, 0) is 43.4 Å². The first-order valence-corrected chi connectivity index (χ1v) is 9.89. The molecule has 1 spiro atoms. The van der Waals surface area contributed by atoms with E-state index in [1.54, 1.807) is 0 Å². The van der Waals surface area contributed by atoms with Gasteiger partial charge in [-0.15, -0.1) is 12.4 Å². The second-order valence-electron chi connectivity index (χ2n) is 9.63. The first-order valence-electron chi connectivity index (χ1n) is 9.89. The monoisotopic (exact) mass is 411 g/mol. The third kappa shape index (κ3) is 3.52. The number of urea groups is 1. The highest BCUT2D eigenvalue weighted by molar-refractivity contribution is 6.07. The Labute approximate surface area is 171 Å². The molecule has 0 aromatic carbocycles. The van der Waals surface area contributed by atoms with Crippen LogP contribution in [0.25, 0.3) is 0 Å². The third-order valence-electron chi connectivity index (χ3n) is 6.33. The van der Waals surface area contributed by atoms with E-state index >= 15 is 0 Å². The van der Waals surface area contributed by atoms with Gasteiger partial charge in [-0.2, -0.15) is 4.98 Å². The zero-order chi connectivity index (χ0) is 19.4. The van der Waals surface area contributed by atoms with Gasteiger partial charge in [0.1, 0.15) is 12.1 Å². The first kappa shape index (κ1) is 21.0. The Bertz CT molecular complexity index is 773. The van der Waals surface area contributed by atoms with E-state index in [1.165, 1.54) is 4.90 Å². The number of hydrogen-bond donors (Lipinski definition) is 2. The highest BCUT2D eigenvalue weighted by Crippen LogP contribution is 2.46. The van der Waals surface area contributed by atoms with E-state index in [0.717, 1.165) is 32.1 Å². The second-order valence-corrected chi connectivity index (χ2v) is 9.63. The lowest BCUT2D eigenvalue weighted by Gasteiger charge is -2.43. The molecule has 3 amide bonds. The van der Waals surface area contributed by atoms with Crippen molar-refractivity contribution in [3.05, 3.63) is 11.7 Å². The Morgan fingerprint density at radius 2 is 1.93 bits per heavy atom. The quantitative estimate of drug-likeness (QED) is 0.739. The fourth-order valence-electron chi connectivity index (χ4n) is 5.54. The van der Waals surface area contributed by atoms with Crippen molar-refractivity contribution in [1.29, 1.82) is 0 Å². The summed E-state index contributed by atoms with van der Waals surface area (Å²) in [6.45, 7) is 6.43. The molecule has 2 unspecified atom stereocenters. The van der Waals surface area contributed by atoms with E-state index in [0.29, 0.717) is 24.6 Å². The molecule has 156 valence electrons. The largest absolute Gasteiger partial charge is 0.337 e. The minimum atomic E-state index is -0.818. The first-order chi connectivity index (χ1) is 12.6. The summed E-state index contributed by atoms with van der Waals surface area (Å²) >= 11 is 0. The number of nitrogens with two attached hydrogens (primary N) is 1. The van der Waals surface area contributed by atoms with Gasteiger partial charge in [-0.25, -0.2) is 4.79 Å². The molecule has 9 heteroatoms. The molecule has 2 saturated carbocycles. The smallest absolute Gasteiger partial charge is 0.325 e. The van der Waals surface area contributed by atoms with Crippen LogP contribution in [0.5, 0.6) is 0 Å². The Morgan fingerprint density at radius 1 is 1.25 bits per heavy atom. The van der Waals surface area contributed by atoms with Gasteiger partial charge in [0, 0.05) is 0 Å². The van der Waals surface area contributed by atoms with Gasteiger partial charge in [0.2, 0.25) is 5.89 Å². The summed E-state index contributed by atoms with van der Waals surface area (Å²) in [5.41, 5.74) is 5.00. The van der Waals surface area contributed by atoms with Crippen LogP contribution in [-0.4, -0.2) is 32.5 Å². The van der Waals surface area contributed by atoms with Crippen molar-refractivity contribution in [3.63, 3.8) is 0 Å². The van der Waals surface area contributed by atoms with Crippen LogP contribution in [0.2, 0.25) is 0 Å². The molecule has 0 radical (unpaired) electrons. The van der Waals surface area contributed by atoms with Crippen LogP contribution in [0.15, 0.2) is 4.52 Å². The lowest BCUT2D eigenvalue weighted by atomic mass is 9.64. The van der Waals surface area contributed by atoms with E-state index in [1.807, 2.05) is 0 Å².